The minimum atomic E-state index is 0.0448. The second-order valence-corrected chi connectivity index (χ2v) is 10.1. The van der Waals surface area contributed by atoms with Gasteiger partial charge in [0.25, 0.3) is 0 Å². The average Bonchev–Trinajstić information content (AvgIpc) is 3.23. The van der Waals surface area contributed by atoms with Crippen LogP contribution in [0.25, 0.3) is 0 Å². The molecule has 1 saturated heterocycles. The second kappa shape index (κ2) is 11.6. The van der Waals surface area contributed by atoms with Gasteiger partial charge in [0.15, 0.2) is 0 Å². The molecule has 6 nitrogen and oxygen atoms in total. The number of aryl methyl sites for hydroxylation is 1. The summed E-state index contributed by atoms with van der Waals surface area (Å²) in [6, 6.07) is 4.70. The summed E-state index contributed by atoms with van der Waals surface area (Å²) in [6.45, 7) is 8.28. The quantitative estimate of drug-likeness (QED) is 0.400. The van der Waals surface area contributed by atoms with Crippen LogP contribution in [0.15, 0.2) is 102 Å². The Bertz CT molecular complexity index is 1050. The molecular formula is C26H34N6S2. The van der Waals surface area contributed by atoms with Crippen molar-refractivity contribution in [2.75, 3.05) is 0 Å². The first-order valence-electron chi connectivity index (χ1n) is 11.7. The first kappa shape index (κ1) is 24.4. The van der Waals surface area contributed by atoms with Crippen molar-refractivity contribution in [3.8, 4) is 0 Å². The van der Waals surface area contributed by atoms with E-state index in [-0.39, 0.29) is 28.9 Å². The molecule has 4 aliphatic heterocycles. The standard InChI is InChI=1S/C24H28N6S2.C2H6/c1-16-26-23(20-11-6-10-19(28-20)22-13-7-15-30(22)2)32-29-24(31-16)21-12-5-9-18(27-21)17-8-3-4-14-25-17;1-2/h3-15,17,19,21,23-29H,1H2,2H3;1-2H3. The van der Waals surface area contributed by atoms with Gasteiger partial charge in [0.05, 0.1) is 28.5 Å². The van der Waals surface area contributed by atoms with E-state index in [4.69, 9.17) is 0 Å². The van der Waals surface area contributed by atoms with E-state index in [1.54, 1.807) is 23.7 Å². The van der Waals surface area contributed by atoms with Crippen LogP contribution in [0.4, 0.5) is 0 Å². The highest BCUT2D eigenvalue weighted by atomic mass is 32.2. The van der Waals surface area contributed by atoms with Gasteiger partial charge in [0, 0.05) is 30.3 Å². The lowest BCUT2D eigenvalue weighted by Crippen LogP contribution is -2.47. The molecule has 1 aromatic heterocycles. The predicted octanol–water partition coefficient (Wildman–Crippen LogP) is 4.29. The predicted molar refractivity (Wildman–Crippen MR) is 147 cm³/mol. The van der Waals surface area contributed by atoms with Gasteiger partial charge in [-0.25, -0.2) is 4.72 Å². The number of aromatic nitrogens is 1. The van der Waals surface area contributed by atoms with Crippen LogP contribution in [0.3, 0.4) is 0 Å². The van der Waals surface area contributed by atoms with Crippen molar-refractivity contribution in [3.05, 3.63) is 108 Å². The molecule has 5 atom stereocenters. The van der Waals surface area contributed by atoms with Crippen molar-refractivity contribution < 1.29 is 0 Å². The Morgan fingerprint density at radius 1 is 0.912 bits per heavy atom. The van der Waals surface area contributed by atoms with E-state index in [0.29, 0.717) is 0 Å². The molecule has 1 aromatic rings. The largest absolute Gasteiger partial charge is 0.379 e. The Labute approximate surface area is 211 Å². The zero-order valence-corrected chi connectivity index (χ0v) is 21.5. The molecule has 180 valence electrons. The minimum Gasteiger partial charge on any atom is -0.379 e. The van der Waals surface area contributed by atoms with Crippen molar-refractivity contribution >= 4 is 23.7 Å². The van der Waals surface area contributed by atoms with E-state index in [2.05, 4.69) is 111 Å². The maximum Gasteiger partial charge on any atom is 0.127 e. The number of hydrogen-bond acceptors (Lipinski definition) is 7. The molecule has 34 heavy (non-hydrogen) atoms. The smallest absolute Gasteiger partial charge is 0.127 e. The normalized spacial score (nSPS) is 29.9. The lowest BCUT2D eigenvalue weighted by atomic mass is 10.1. The number of nitrogens with one attached hydrogen (secondary N) is 5. The minimum absolute atomic E-state index is 0.0448. The highest BCUT2D eigenvalue weighted by molar-refractivity contribution is 8.05. The molecule has 0 bridgehead atoms. The Morgan fingerprint density at radius 2 is 1.71 bits per heavy atom. The highest BCUT2D eigenvalue weighted by Crippen LogP contribution is 2.32. The van der Waals surface area contributed by atoms with E-state index in [1.165, 1.54) is 5.69 Å². The number of hydrogen-bond donors (Lipinski definition) is 5. The zero-order valence-electron chi connectivity index (χ0n) is 19.9. The van der Waals surface area contributed by atoms with Crippen molar-refractivity contribution in [1.29, 1.82) is 0 Å². The summed E-state index contributed by atoms with van der Waals surface area (Å²) in [7, 11) is 2.08. The van der Waals surface area contributed by atoms with Crippen molar-refractivity contribution in [2.24, 2.45) is 7.05 Å². The van der Waals surface area contributed by atoms with Gasteiger partial charge in [-0.15, -0.1) is 0 Å². The van der Waals surface area contributed by atoms with Crippen LogP contribution in [-0.4, -0.2) is 27.4 Å². The van der Waals surface area contributed by atoms with Gasteiger partial charge >= 0.3 is 0 Å². The zero-order chi connectivity index (χ0) is 23.9. The lowest BCUT2D eigenvalue weighted by molar-refractivity contribution is 0.579. The Morgan fingerprint density at radius 3 is 2.47 bits per heavy atom. The van der Waals surface area contributed by atoms with Gasteiger partial charge in [0.2, 0.25) is 0 Å². The molecule has 5 N–H and O–H groups in total. The first-order chi connectivity index (χ1) is 16.7. The fourth-order valence-corrected chi connectivity index (χ4v) is 6.19. The summed E-state index contributed by atoms with van der Waals surface area (Å²) >= 11 is 3.41. The molecule has 0 amide bonds. The molecule has 0 saturated carbocycles. The van der Waals surface area contributed by atoms with Crippen molar-refractivity contribution in [2.45, 2.75) is 42.7 Å². The Balaban J connectivity index is 0.00000133. The molecule has 1 fully saturated rings. The monoisotopic (exact) mass is 494 g/mol. The lowest BCUT2D eigenvalue weighted by Gasteiger charge is -2.31. The molecular weight excluding hydrogens is 460 g/mol. The summed E-state index contributed by atoms with van der Waals surface area (Å²) in [6.07, 6.45) is 23.2. The summed E-state index contributed by atoms with van der Waals surface area (Å²) < 4.78 is 5.82. The van der Waals surface area contributed by atoms with Crippen molar-refractivity contribution in [1.82, 2.24) is 30.6 Å². The molecule has 5 rings (SSSR count). The SMILES string of the molecule is C=C1NC(C2=CC=CC(c3cccn3C)N2)SNC(C2C=CC=C(C3C=CC=CN3)N2)S1.CC. The average molecular weight is 495 g/mol. The van der Waals surface area contributed by atoms with Gasteiger partial charge in [-0.3, -0.25) is 0 Å². The summed E-state index contributed by atoms with van der Waals surface area (Å²) in [5.41, 5.74) is 3.53. The van der Waals surface area contributed by atoms with E-state index in [0.717, 1.165) is 16.4 Å². The van der Waals surface area contributed by atoms with Gasteiger partial charge in [0.1, 0.15) is 5.37 Å². The molecule has 8 heteroatoms. The van der Waals surface area contributed by atoms with E-state index in [9.17, 15) is 0 Å². The second-order valence-electron chi connectivity index (χ2n) is 7.96. The molecule has 5 heterocycles. The first-order valence-corrected chi connectivity index (χ1v) is 13.5. The van der Waals surface area contributed by atoms with Gasteiger partial charge < -0.3 is 25.8 Å². The van der Waals surface area contributed by atoms with E-state index >= 15 is 0 Å². The third-order valence-electron chi connectivity index (χ3n) is 5.73. The van der Waals surface area contributed by atoms with Crippen LogP contribution in [0.1, 0.15) is 25.6 Å². The molecule has 0 radical (unpaired) electrons. The molecule has 0 aliphatic carbocycles. The Hall–Kier alpha value is -2.68. The van der Waals surface area contributed by atoms with Crippen LogP contribution >= 0.6 is 23.7 Å². The number of nitrogens with zero attached hydrogens (tertiary/aromatic N) is 1. The highest BCUT2D eigenvalue weighted by Gasteiger charge is 2.31. The molecule has 0 aromatic carbocycles. The van der Waals surface area contributed by atoms with Crippen LogP contribution < -0.4 is 26.0 Å². The molecule has 5 unspecified atom stereocenters. The maximum absolute atomic E-state index is 4.28. The summed E-state index contributed by atoms with van der Waals surface area (Å²) in [5.74, 6) is 0. The number of allylic oxidation sites excluding steroid dienone is 6. The van der Waals surface area contributed by atoms with E-state index in [1.807, 2.05) is 26.1 Å². The van der Waals surface area contributed by atoms with Crippen LogP contribution in [0.2, 0.25) is 0 Å². The maximum atomic E-state index is 4.28. The number of rotatable bonds is 4. The summed E-state index contributed by atoms with van der Waals surface area (Å²) in [5, 5.41) is 15.5. The number of dihydropyridines is 3. The van der Waals surface area contributed by atoms with Crippen molar-refractivity contribution in [3.63, 3.8) is 0 Å². The Kier molecular flexibility index (Phi) is 8.37. The van der Waals surface area contributed by atoms with Crippen LogP contribution in [-0.2, 0) is 7.05 Å². The van der Waals surface area contributed by atoms with Gasteiger partial charge in [-0.2, -0.15) is 0 Å². The molecule has 0 spiro atoms. The number of thioether (sulfide) groups is 1. The third kappa shape index (κ3) is 5.68. The van der Waals surface area contributed by atoms with Crippen LogP contribution in [0, 0.1) is 0 Å². The van der Waals surface area contributed by atoms with E-state index < -0.39 is 0 Å². The fraction of sp³-hybridized carbons (Fsp3) is 0.308. The van der Waals surface area contributed by atoms with Gasteiger partial charge in [-0.05, 0) is 48.5 Å². The third-order valence-corrected chi connectivity index (χ3v) is 7.94. The summed E-state index contributed by atoms with van der Waals surface area (Å²) in [4.78, 5) is 0. The van der Waals surface area contributed by atoms with Gasteiger partial charge in [-0.1, -0.05) is 68.6 Å². The molecule has 4 aliphatic rings. The topological polar surface area (TPSA) is 65.1 Å². The van der Waals surface area contributed by atoms with Crippen LogP contribution in [0.5, 0.6) is 0 Å². The fourth-order valence-electron chi connectivity index (χ4n) is 4.07.